The molecule has 13 heteroatoms. The molecule has 2 heterocycles. The van der Waals surface area contributed by atoms with E-state index in [9.17, 15) is 35.7 Å². The van der Waals surface area contributed by atoms with Crippen LogP contribution in [0.15, 0.2) is 82.5 Å². The lowest BCUT2D eigenvalue weighted by atomic mass is 9.63. The second kappa shape index (κ2) is 16.3. The summed E-state index contributed by atoms with van der Waals surface area (Å²) in [5.74, 6) is 0.770. The van der Waals surface area contributed by atoms with Gasteiger partial charge < -0.3 is 64.2 Å². The van der Waals surface area contributed by atoms with E-state index in [0.717, 1.165) is 19.3 Å². The van der Waals surface area contributed by atoms with Crippen LogP contribution in [0.25, 0.3) is 0 Å². The molecule has 0 saturated carbocycles. The van der Waals surface area contributed by atoms with E-state index in [-0.39, 0.29) is 13.2 Å². The van der Waals surface area contributed by atoms with Crippen molar-refractivity contribution < 1.29 is 64.2 Å². The molecule has 0 aromatic carbocycles. The molecule has 49 heavy (non-hydrogen) atoms. The molecule has 4 aliphatic carbocycles. The van der Waals surface area contributed by atoms with Crippen LogP contribution >= 0.6 is 0 Å². The largest absolute Gasteiger partial charge is 0.394 e. The van der Waals surface area contributed by atoms with E-state index in [4.69, 9.17) is 28.4 Å². The van der Waals surface area contributed by atoms with Crippen LogP contribution in [0.5, 0.6) is 0 Å². The van der Waals surface area contributed by atoms with Crippen molar-refractivity contribution in [2.75, 3.05) is 40.1 Å². The van der Waals surface area contributed by atoms with Crippen LogP contribution in [0, 0.1) is 11.8 Å². The van der Waals surface area contributed by atoms with Gasteiger partial charge in [0.1, 0.15) is 54.9 Å². The summed E-state index contributed by atoms with van der Waals surface area (Å²) in [6.07, 6.45) is 7.18. The van der Waals surface area contributed by atoms with Crippen molar-refractivity contribution in [1.29, 1.82) is 0 Å². The Labute approximate surface area is 285 Å². The number of methoxy groups -OCH3 is 1. The van der Waals surface area contributed by atoms with Crippen molar-refractivity contribution in [2.24, 2.45) is 11.8 Å². The number of aliphatic hydroxyl groups excluding tert-OH is 7. The highest BCUT2D eigenvalue weighted by molar-refractivity contribution is 5.61. The fourth-order valence-corrected chi connectivity index (χ4v) is 7.31. The van der Waals surface area contributed by atoms with Crippen molar-refractivity contribution in [3.05, 3.63) is 82.5 Å². The van der Waals surface area contributed by atoms with Crippen LogP contribution in [0.4, 0.5) is 0 Å². The standard InChI is InChI=1S/C36H48O13/c1-44-23(17-45-14-3-2-5-19-8-9-22-11-10-20-6-4-7-21-12-13-24(19)28(22)27(20)21)18-46-35-33(43)31(41)34(26(16-38)48-35)49-36-32(42)30(40)29(39)25(15-37)47-36/h4,6-13,23,25-43H,2-3,5,14-18H2,1H3/t23?,25-,26-,27?,28?,29+,30+,31-,32-,33-,34-,35-,36+/m1/s1. The number of hydrogen-bond donors (Lipinski definition) is 7. The van der Waals surface area contributed by atoms with Gasteiger partial charge in [-0.25, -0.2) is 0 Å². The average Bonchev–Trinajstić information content (AvgIpc) is 3.12. The van der Waals surface area contributed by atoms with E-state index < -0.39 is 80.7 Å². The minimum atomic E-state index is -1.74. The summed E-state index contributed by atoms with van der Waals surface area (Å²) in [6.45, 7) is -0.630. The Morgan fingerprint density at radius 1 is 0.694 bits per heavy atom. The molecule has 0 bridgehead atoms. The van der Waals surface area contributed by atoms with Crippen LogP contribution in [-0.4, -0.2) is 143 Å². The molecule has 0 aromatic rings. The van der Waals surface area contributed by atoms with Crippen LogP contribution < -0.4 is 0 Å². The minimum Gasteiger partial charge on any atom is -0.394 e. The molecule has 13 atom stereocenters. The first-order valence-corrected chi connectivity index (χ1v) is 17.0. The molecule has 6 rings (SSSR count). The summed E-state index contributed by atoms with van der Waals surface area (Å²) >= 11 is 0. The van der Waals surface area contributed by atoms with Crippen LogP contribution in [0.1, 0.15) is 19.3 Å². The molecule has 3 unspecified atom stereocenters. The molecule has 0 amide bonds. The summed E-state index contributed by atoms with van der Waals surface area (Å²) in [5.41, 5.74) is 6.87. The number of unbranched alkanes of at least 4 members (excludes halogenated alkanes) is 1. The zero-order chi connectivity index (χ0) is 34.7. The molecule has 270 valence electrons. The summed E-state index contributed by atoms with van der Waals surface area (Å²) < 4.78 is 33.7. The Morgan fingerprint density at radius 3 is 2.14 bits per heavy atom. The quantitative estimate of drug-likeness (QED) is 0.112. The average molecular weight is 689 g/mol. The summed E-state index contributed by atoms with van der Waals surface area (Å²) in [6, 6.07) is 0. The Morgan fingerprint density at radius 2 is 1.39 bits per heavy atom. The van der Waals surface area contributed by atoms with Crippen LogP contribution in [0.2, 0.25) is 0 Å². The fourth-order valence-electron chi connectivity index (χ4n) is 7.31. The molecule has 13 nitrogen and oxygen atoms in total. The van der Waals surface area contributed by atoms with E-state index in [1.54, 1.807) is 0 Å². The zero-order valence-corrected chi connectivity index (χ0v) is 27.4. The van der Waals surface area contributed by atoms with Crippen molar-refractivity contribution in [2.45, 2.75) is 86.8 Å². The molecule has 0 radical (unpaired) electrons. The highest BCUT2D eigenvalue weighted by atomic mass is 16.7. The van der Waals surface area contributed by atoms with Gasteiger partial charge >= 0.3 is 0 Å². The number of ether oxygens (including phenoxy) is 6. The van der Waals surface area contributed by atoms with Gasteiger partial charge in [0.15, 0.2) is 12.6 Å². The Hall–Kier alpha value is -2.34. The minimum absolute atomic E-state index is 0.0465. The van der Waals surface area contributed by atoms with E-state index in [1.807, 2.05) is 0 Å². The Balaban J connectivity index is 0.935. The van der Waals surface area contributed by atoms with Crippen molar-refractivity contribution >= 4 is 0 Å². The first-order valence-electron chi connectivity index (χ1n) is 17.0. The number of rotatable bonds is 15. The highest BCUT2D eigenvalue weighted by Gasteiger charge is 2.51. The molecule has 2 aliphatic heterocycles. The molecular formula is C36H48O13. The van der Waals surface area contributed by atoms with Gasteiger partial charge in [0, 0.05) is 25.6 Å². The lowest BCUT2D eigenvalue weighted by Gasteiger charge is -2.46. The molecule has 2 saturated heterocycles. The SMILES string of the molecule is COC(COCCCCC1=C2C=CC3=CC=CC4=CC=C(C=C1)C2C34)CO[C@@H]1O[C@H](CO)[C@@H](O[C@@H]2O[C@H](CO)[C@H](O)[C@H](O)[C@H]2O)[C@H](O)[C@H]1O. The third-order valence-corrected chi connectivity index (χ3v) is 10.1. The molecule has 2 fully saturated rings. The third-order valence-electron chi connectivity index (χ3n) is 10.1. The smallest absolute Gasteiger partial charge is 0.187 e. The first-order chi connectivity index (χ1) is 23.7. The van der Waals surface area contributed by atoms with Gasteiger partial charge in [-0.15, -0.1) is 0 Å². The maximum absolute atomic E-state index is 10.8. The summed E-state index contributed by atoms with van der Waals surface area (Å²) in [4.78, 5) is 0. The second-order valence-electron chi connectivity index (χ2n) is 13.2. The fraction of sp³-hybridized carbons (Fsp3) is 0.611. The lowest BCUT2D eigenvalue weighted by molar-refractivity contribution is -0.360. The zero-order valence-electron chi connectivity index (χ0n) is 27.4. The van der Waals surface area contributed by atoms with Crippen molar-refractivity contribution in [3.63, 3.8) is 0 Å². The summed E-state index contributed by atoms with van der Waals surface area (Å²) in [7, 11) is 1.50. The van der Waals surface area contributed by atoms with Crippen LogP contribution in [-0.2, 0) is 28.4 Å². The number of allylic oxidation sites excluding steroid dienone is 14. The number of aliphatic hydroxyl groups is 7. The van der Waals surface area contributed by atoms with Crippen molar-refractivity contribution in [3.8, 4) is 0 Å². The van der Waals surface area contributed by atoms with Gasteiger partial charge in [0.05, 0.1) is 26.4 Å². The molecule has 0 aromatic heterocycles. The van der Waals surface area contributed by atoms with Crippen molar-refractivity contribution in [1.82, 2.24) is 0 Å². The van der Waals surface area contributed by atoms with Gasteiger partial charge in [-0.3, -0.25) is 0 Å². The van der Waals surface area contributed by atoms with Gasteiger partial charge in [-0.05, 0) is 47.1 Å². The monoisotopic (exact) mass is 688 g/mol. The molecular weight excluding hydrogens is 640 g/mol. The number of hydrogen-bond acceptors (Lipinski definition) is 13. The first kappa shape index (κ1) is 36.5. The maximum atomic E-state index is 10.8. The van der Waals surface area contributed by atoms with Crippen LogP contribution in [0.3, 0.4) is 0 Å². The molecule has 7 N–H and O–H groups in total. The Kier molecular flexibility index (Phi) is 12.2. The van der Waals surface area contributed by atoms with Gasteiger partial charge in [0.25, 0.3) is 0 Å². The van der Waals surface area contributed by atoms with Gasteiger partial charge in [-0.2, -0.15) is 0 Å². The molecule has 6 aliphatic rings. The second-order valence-corrected chi connectivity index (χ2v) is 13.2. The topological polar surface area (TPSA) is 197 Å². The van der Waals surface area contributed by atoms with E-state index in [2.05, 4.69) is 54.7 Å². The summed E-state index contributed by atoms with van der Waals surface area (Å²) in [5, 5.41) is 71.3. The predicted molar refractivity (Wildman–Crippen MR) is 173 cm³/mol. The maximum Gasteiger partial charge on any atom is 0.187 e. The highest BCUT2D eigenvalue weighted by Crippen LogP contribution is 2.49. The molecule has 0 spiro atoms. The predicted octanol–water partition coefficient (Wildman–Crippen LogP) is -0.140. The van der Waals surface area contributed by atoms with E-state index in [0.29, 0.717) is 18.4 Å². The van der Waals surface area contributed by atoms with E-state index >= 15 is 0 Å². The van der Waals surface area contributed by atoms with E-state index in [1.165, 1.54) is 35.0 Å². The third kappa shape index (κ3) is 7.65. The van der Waals surface area contributed by atoms with Gasteiger partial charge in [0.2, 0.25) is 0 Å². The van der Waals surface area contributed by atoms with Gasteiger partial charge in [-0.1, -0.05) is 54.7 Å². The Bertz CT molecular complexity index is 1380. The lowest BCUT2D eigenvalue weighted by Crippen LogP contribution is -2.64. The normalized spacial score (nSPS) is 38.6.